The minimum Gasteiger partial charge on any atom is -0.414 e. The van der Waals surface area contributed by atoms with Crippen LogP contribution in [0.2, 0.25) is 0 Å². The molecule has 0 saturated heterocycles. The predicted molar refractivity (Wildman–Crippen MR) is 144 cm³/mol. The first-order valence-corrected chi connectivity index (χ1v) is 13.9. The number of rotatable bonds is 11. The molecule has 0 amide bonds. The SMILES string of the molecule is CC(C)CNCc1ccc(-c2nnc(-c3nc(-c4ccc(S(=O)(=O)C(C)CCF)cc4)cnc3N)o2)cc1. The van der Waals surface area contributed by atoms with Crippen LogP contribution < -0.4 is 11.1 Å². The van der Waals surface area contributed by atoms with Crippen LogP contribution in [0.4, 0.5) is 10.2 Å². The fraction of sp³-hybridized carbons (Fsp3) is 0.333. The van der Waals surface area contributed by atoms with Crippen molar-refractivity contribution in [1.82, 2.24) is 25.5 Å². The van der Waals surface area contributed by atoms with Gasteiger partial charge < -0.3 is 15.5 Å². The maximum absolute atomic E-state index is 12.7. The van der Waals surface area contributed by atoms with Crippen molar-refractivity contribution in [1.29, 1.82) is 0 Å². The van der Waals surface area contributed by atoms with Crippen molar-refractivity contribution in [3.05, 3.63) is 60.3 Å². The predicted octanol–water partition coefficient (Wildman–Crippen LogP) is 4.71. The third-order valence-electron chi connectivity index (χ3n) is 6.03. The van der Waals surface area contributed by atoms with Gasteiger partial charge in [0, 0.05) is 17.7 Å². The van der Waals surface area contributed by atoms with Crippen molar-refractivity contribution in [2.45, 2.75) is 43.9 Å². The Hall–Kier alpha value is -3.70. The number of nitrogens with zero attached hydrogens (tertiary/aromatic N) is 4. The molecule has 4 aromatic rings. The summed E-state index contributed by atoms with van der Waals surface area (Å²) in [6.45, 7) is 6.85. The molecule has 2 heterocycles. The third-order valence-corrected chi connectivity index (χ3v) is 8.26. The number of aromatic nitrogens is 4. The number of benzene rings is 2. The highest BCUT2D eigenvalue weighted by Crippen LogP contribution is 2.29. The summed E-state index contributed by atoms with van der Waals surface area (Å²) in [5.74, 6) is 1.14. The second-order valence-electron chi connectivity index (χ2n) is 9.48. The van der Waals surface area contributed by atoms with Gasteiger partial charge in [-0.05, 0) is 55.6 Å². The van der Waals surface area contributed by atoms with E-state index in [-0.39, 0.29) is 28.7 Å². The highest BCUT2D eigenvalue weighted by atomic mass is 32.2. The van der Waals surface area contributed by atoms with Gasteiger partial charge in [-0.15, -0.1) is 10.2 Å². The lowest BCUT2D eigenvalue weighted by molar-refractivity contribution is 0.464. The average molecular weight is 539 g/mol. The van der Waals surface area contributed by atoms with E-state index in [1.54, 1.807) is 12.1 Å². The Balaban J connectivity index is 1.53. The minimum atomic E-state index is -3.63. The summed E-state index contributed by atoms with van der Waals surface area (Å²) in [6.07, 6.45) is 1.43. The number of nitrogens with two attached hydrogens (primary N) is 1. The molecule has 0 fully saturated rings. The fourth-order valence-electron chi connectivity index (χ4n) is 3.76. The first kappa shape index (κ1) is 27.3. The van der Waals surface area contributed by atoms with Gasteiger partial charge in [0.05, 0.1) is 28.7 Å². The molecule has 0 aliphatic rings. The van der Waals surface area contributed by atoms with Gasteiger partial charge in [-0.3, -0.25) is 4.39 Å². The van der Waals surface area contributed by atoms with E-state index >= 15 is 0 Å². The van der Waals surface area contributed by atoms with Gasteiger partial charge in [0.2, 0.25) is 5.89 Å². The maximum atomic E-state index is 12.7. The summed E-state index contributed by atoms with van der Waals surface area (Å²) in [7, 11) is -3.63. The molecule has 0 spiro atoms. The number of hydrogen-bond donors (Lipinski definition) is 2. The Morgan fingerprint density at radius 1 is 0.974 bits per heavy atom. The molecule has 1 unspecified atom stereocenters. The van der Waals surface area contributed by atoms with Gasteiger partial charge in [-0.2, -0.15) is 0 Å². The number of anilines is 1. The summed E-state index contributed by atoms with van der Waals surface area (Å²) in [5, 5.41) is 10.8. The molecule has 0 aliphatic heterocycles. The monoisotopic (exact) mass is 538 g/mol. The molecule has 200 valence electrons. The molecule has 0 radical (unpaired) electrons. The lowest BCUT2D eigenvalue weighted by Gasteiger charge is -2.11. The lowest BCUT2D eigenvalue weighted by atomic mass is 10.1. The summed E-state index contributed by atoms with van der Waals surface area (Å²) in [6, 6.07) is 14.0. The molecule has 0 aliphatic carbocycles. The van der Waals surface area contributed by atoms with Crippen molar-refractivity contribution >= 4 is 15.7 Å². The average Bonchev–Trinajstić information content (AvgIpc) is 3.39. The molecular formula is C27H31FN6O3S. The van der Waals surface area contributed by atoms with E-state index < -0.39 is 21.8 Å². The topological polar surface area (TPSA) is 137 Å². The van der Waals surface area contributed by atoms with Gasteiger partial charge in [0.1, 0.15) is 0 Å². The zero-order valence-electron chi connectivity index (χ0n) is 21.6. The molecule has 4 rings (SSSR count). The van der Waals surface area contributed by atoms with E-state index in [4.69, 9.17) is 10.2 Å². The zero-order chi connectivity index (χ0) is 27.3. The van der Waals surface area contributed by atoms with Crippen molar-refractivity contribution < 1.29 is 17.2 Å². The molecule has 11 heteroatoms. The van der Waals surface area contributed by atoms with E-state index in [2.05, 4.69) is 39.3 Å². The molecule has 9 nitrogen and oxygen atoms in total. The highest BCUT2D eigenvalue weighted by molar-refractivity contribution is 7.92. The summed E-state index contributed by atoms with van der Waals surface area (Å²) >= 11 is 0. The Kier molecular flexibility index (Phi) is 8.48. The molecule has 2 aromatic heterocycles. The van der Waals surface area contributed by atoms with E-state index in [1.807, 2.05) is 24.3 Å². The lowest BCUT2D eigenvalue weighted by Crippen LogP contribution is -2.18. The molecule has 3 N–H and O–H groups in total. The molecule has 2 aromatic carbocycles. The number of sulfone groups is 1. The largest absolute Gasteiger partial charge is 0.414 e. The second-order valence-corrected chi connectivity index (χ2v) is 11.8. The van der Waals surface area contributed by atoms with Crippen LogP contribution in [0.3, 0.4) is 0 Å². The quantitative estimate of drug-likeness (QED) is 0.278. The third kappa shape index (κ3) is 6.22. The van der Waals surface area contributed by atoms with Crippen molar-refractivity contribution in [2.75, 3.05) is 19.0 Å². The number of nitrogen functional groups attached to an aromatic ring is 1. The molecule has 38 heavy (non-hydrogen) atoms. The van der Waals surface area contributed by atoms with Crippen LogP contribution in [0.1, 0.15) is 32.8 Å². The van der Waals surface area contributed by atoms with Gasteiger partial charge in [0.15, 0.2) is 21.3 Å². The van der Waals surface area contributed by atoms with E-state index in [9.17, 15) is 12.8 Å². The number of hydrogen-bond acceptors (Lipinski definition) is 9. The summed E-state index contributed by atoms with van der Waals surface area (Å²) in [4.78, 5) is 8.88. The Morgan fingerprint density at radius 3 is 2.29 bits per heavy atom. The van der Waals surface area contributed by atoms with Gasteiger partial charge in [0.25, 0.3) is 5.89 Å². The molecular weight excluding hydrogens is 507 g/mol. The maximum Gasteiger partial charge on any atom is 0.270 e. The van der Waals surface area contributed by atoms with E-state index in [0.29, 0.717) is 23.1 Å². The smallest absolute Gasteiger partial charge is 0.270 e. The molecule has 0 bridgehead atoms. The summed E-state index contributed by atoms with van der Waals surface area (Å²) in [5.41, 5.74) is 9.27. The summed E-state index contributed by atoms with van der Waals surface area (Å²) < 4.78 is 43.8. The standard InChI is InChI=1S/C27H31FN6O3S/c1-17(2)14-30-15-19-4-6-21(7-5-19)26-33-34-27(37-26)24-25(29)31-16-23(32-24)20-8-10-22(11-9-20)38(35,36)18(3)12-13-28/h4-11,16-18,30H,12-15H2,1-3H3,(H2,29,31). The second kappa shape index (κ2) is 11.8. The minimum absolute atomic E-state index is 0.0529. The fourth-order valence-corrected chi connectivity index (χ4v) is 5.14. The molecule has 0 saturated carbocycles. The Morgan fingerprint density at radius 2 is 1.63 bits per heavy atom. The van der Waals surface area contributed by atoms with Crippen LogP contribution in [0, 0.1) is 5.92 Å². The van der Waals surface area contributed by atoms with E-state index in [0.717, 1.165) is 24.2 Å². The van der Waals surface area contributed by atoms with Crippen LogP contribution in [0.25, 0.3) is 34.3 Å². The van der Waals surface area contributed by atoms with Crippen LogP contribution in [0.5, 0.6) is 0 Å². The van der Waals surface area contributed by atoms with Crippen molar-refractivity contribution in [3.63, 3.8) is 0 Å². The zero-order valence-corrected chi connectivity index (χ0v) is 22.4. The number of nitrogens with one attached hydrogen (secondary N) is 1. The van der Waals surface area contributed by atoms with Crippen LogP contribution in [0.15, 0.2) is 64.0 Å². The number of alkyl halides is 1. The van der Waals surface area contributed by atoms with Crippen LogP contribution >= 0.6 is 0 Å². The van der Waals surface area contributed by atoms with Crippen LogP contribution in [-0.4, -0.2) is 47.1 Å². The first-order chi connectivity index (χ1) is 18.2. The Labute approximate surface area is 221 Å². The van der Waals surface area contributed by atoms with Gasteiger partial charge in [-0.1, -0.05) is 38.1 Å². The first-order valence-electron chi connectivity index (χ1n) is 12.4. The van der Waals surface area contributed by atoms with Crippen LogP contribution in [-0.2, 0) is 16.4 Å². The van der Waals surface area contributed by atoms with Crippen molar-refractivity contribution in [2.24, 2.45) is 5.92 Å². The van der Waals surface area contributed by atoms with E-state index in [1.165, 1.54) is 25.3 Å². The Bertz CT molecular complexity index is 1470. The van der Waals surface area contributed by atoms with Crippen molar-refractivity contribution in [3.8, 4) is 34.3 Å². The normalized spacial score (nSPS) is 12.7. The highest BCUT2D eigenvalue weighted by Gasteiger charge is 2.23. The van der Waals surface area contributed by atoms with Gasteiger partial charge in [-0.25, -0.2) is 18.4 Å². The molecule has 1 atom stereocenters. The van der Waals surface area contributed by atoms with Gasteiger partial charge >= 0.3 is 0 Å². The number of halogens is 1.